The van der Waals surface area contributed by atoms with E-state index in [1.54, 1.807) is 0 Å². The van der Waals surface area contributed by atoms with Crippen molar-refractivity contribution in [1.29, 1.82) is 0 Å². The number of anilines is 2. The minimum absolute atomic E-state index is 0.0489. The monoisotopic (exact) mass is 279 g/mol. The van der Waals surface area contributed by atoms with Crippen molar-refractivity contribution in [2.45, 2.75) is 31.2 Å². The lowest BCUT2D eigenvalue weighted by Gasteiger charge is -2.31. The lowest BCUT2D eigenvalue weighted by atomic mass is 10.1. The highest BCUT2D eigenvalue weighted by Crippen LogP contribution is 2.35. The number of fused-ring (bicyclic) bond motifs is 1. The molecular weight excluding hydrogens is 258 g/mol. The summed E-state index contributed by atoms with van der Waals surface area (Å²) in [4.78, 5) is 15.3. The van der Waals surface area contributed by atoms with E-state index < -0.39 is 0 Å². The number of benzene rings is 1. The van der Waals surface area contributed by atoms with Crippen LogP contribution in [0.1, 0.15) is 20.8 Å². The lowest BCUT2D eigenvalue weighted by Crippen LogP contribution is -2.47. The topological polar surface area (TPSA) is 58.4 Å². The van der Waals surface area contributed by atoms with E-state index in [2.05, 4.69) is 10.2 Å². The maximum absolute atomic E-state index is 12.0. The van der Waals surface area contributed by atoms with E-state index in [-0.39, 0.29) is 11.4 Å². The smallest absolute Gasteiger partial charge is 0.239 e. The molecule has 0 saturated carbocycles. The standard InChI is InChI=1S/C14H21N3OS/c1-14(2,3)16-13(18)9-17-6-7-19-12-5-4-10(15)8-11(12)17/h4-5,8H,6-7,9,15H2,1-3H3,(H,16,18). The zero-order valence-corrected chi connectivity index (χ0v) is 12.5. The summed E-state index contributed by atoms with van der Waals surface area (Å²) < 4.78 is 0. The molecule has 0 spiro atoms. The van der Waals surface area contributed by atoms with Gasteiger partial charge in [-0.15, -0.1) is 11.8 Å². The van der Waals surface area contributed by atoms with E-state index in [9.17, 15) is 4.79 Å². The van der Waals surface area contributed by atoms with Gasteiger partial charge in [0.05, 0.1) is 12.2 Å². The Morgan fingerprint density at radius 1 is 1.47 bits per heavy atom. The summed E-state index contributed by atoms with van der Waals surface area (Å²) in [7, 11) is 0. The average Bonchev–Trinajstić information content (AvgIpc) is 2.27. The Balaban J connectivity index is 2.11. The van der Waals surface area contributed by atoms with E-state index in [1.807, 2.05) is 50.7 Å². The molecule has 1 aliphatic rings. The van der Waals surface area contributed by atoms with Gasteiger partial charge in [-0.1, -0.05) is 0 Å². The van der Waals surface area contributed by atoms with Crippen molar-refractivity contribution in [2.24, 2.45) is 0 Å². The van der Waals surface area contributed by atoms with Crippen LogP contribution >= 0.6 is 11.8 Å². The molecule has 0 saturated heterocycles. The molecule has 2 rings (SSSR count). The predicted molar refractivity (Wildman–Crippen MR) is 81.7 cm³/mol. The summed E-state index contributed by atoms with van der Waals surface area (Å²) in [5.41, 5.74) is 7.45. The Morgan fingerprint density at radius 3 is 2.89 bits per heavy atom. The Labute approximate surface area is 118 Å². The van der Waals surface area contributed by atoms with Gasteiger partial charge in [0.1, 0.15) is 0 Å². The number of carbonyl (C=O) groups excluding carboxylic acids is 1. The van der Waals surface area contributed by atoms with Gasteiger partial charge in [-0.05, 0) is 39.0 Å². The van der Waals surface area contributed by atoms with Crippen molar-refractivity contribution in [1.82, 2.24) is 5.32 Å². The van der Waals surface area contributed by atoms with Crippen molar-refractivity contribution < 1.29 is 4.79 Å². The average molecular weight is 279 g/mol. The summed E-state index contributed by atoms with van der Waals surface area (Å²) in [5, 5.41) is 2.99. The number of rotatable bonds is 2. The first kappa shape index (κ1) is 14.1. The molecule has 1 amide bonds. The van der Waals surface area contributed by atoms with Crippen molar-refractivity contribution in [2.75, 3.05) is 29.5 Å². The minimum atomic E-state index is -0.194. The van der Waals surface area contributed by atoms with Crippen molar-refractivity contribution in [3.8, 4) is 0 Å². The van der Waals surface area contributed by atoms with Crippen LogP contribution < -0.4 is 16.0 Å². The number of carbonyl (C=O) groups is 1. The van der Waals surface area contributed by atoms with Crippen molar-refractivity contribution >= 4 is 29.0 Å². The summed E-state index contributed by atoms with van der Waals surface area (Å²) in [6, 6.07) is 5.89. The molecule has 0 bridgehead atoms. The summed E-state index contributed by atoms with van der Waals surface area (Å²) in [5.74, 6) is 1.05. The van der Waals surface area contributed by atoms with Crippen LogP contribution in [0.2, 0.25) is 0 Å². The highest BCUT2D eigenvalue weighted by Gasteiger charge is 2.21. The number of nitrogens with zero attached hydrogens (tertiary/aromatic N) is 1. The molecular formula is C14H21N3OS. The third kappa shape index (κ3) is 3.80. The maximum Gasteiger partial charge on any atom is 0.239 e. The Kier molecular flexibility index (Phi) is 3.94. The molecule has 4 nitrogen and oxygen atoms in total. The number of hydrogen-bond donors (Lipinski definition) is 2. The second-order valence-electron chi connectivity index (χ2n) is 5.80. The molecule has 0 radical (unpaired) electrons. The molecule has 3 N–H and O–H groups in total. The van der Waals surface area contributed by atoms with Crippen LogP contribution in [-0.2, 0) is 4.79 Å². The number of nitrogens with two attached hydrogens (primary N) is 1. The first-order chi connectivity index (χ1) is 8.85. The van der Waals surface area contributed by atoms with E-state index in [4.69, 9.17) is 5.73 Å². The predicted octanol–water partition coefficient (Wildman–Crippen LogP) is 2.10. The molecule has 1 aromatic rings. The van der Waals surface area contributed by atoms with E-state index >= 15 is 0 Å². The van der Waals surface area contributed by atoms with E-state index in [1.165, 1.54) is 4.90 Å². The Hall–Kier alpha value is -1.36. The summed E-state index contributed by atoms with van der Waals surface area (Å²) in [6.07, 6.45) is 0. The Bertz CT molecular complexity index is 482. The largest absolute Gasteiger partial charge is 0.399 e. The van der Waals surface area contributed by atoms with Crippen molar-refractivity contribution in [3.63, 3.8) is 0 Å². The minimum Gasteiger partial charge on any atom is -0.399 e. The fourth-order valence-electron chi connectivity index (χ4n) is 2.09. The van der Waals surface area contributed by atoms with Gasteiger partial charge >= 0.3 is 0 Å². The number of thioether (sulfide) groups is 1. The molecule has 104 valence electrons. The molecule has 0 fully saturated rings. The first-order valence-electron chi connectivity index (χ1n) is 6.43. The lowest BCUT2D eigenvalue weighted by molar-refractivity contribution is -0.121. The number of amides is 1. The van der Waals surface area contributed by atoms with Crippen LogP contribution in [0.4, 0.5) is 11.4 Å². The molecule has 1 aromatic carbocycles. The second-order valence-corrected chi connectivity index (χ2v) is 6.93. The quantitative estimate of drug-likeness (QED) is 0.814. The number of nitrogen functional groups attached to an aromatic ring is 1. The van der Waals surface area contributed by atoms with Crippen LogP contribution in [0, 0.1) is 0 Å². The van der Waals surface area contributed by atoms with Crippen LogP contribution in [-0.4, -0.2) is 30.3 Å². The maximum atomic E-state index is 12.0. The van der Waals surface area contributed by atoms with Gasteiger partial charge in [-0.3, -0.25) is 4.79 Å². The van der Waals surface area contributed by atoms with Gasteiger partial charge in [-0.25, -0.2) is 0 Å². The molecule has 1 aliphatic heterocycles. The van der Waals surface area contributed by atoms with Gasteiger partial charge < -0.3 is 16.0 Å². The fourth-order valence-corrected chi connectivity index (χ4v) is 3.12. The van der Waals surface area contributed by atoms with Gasteiger partial charge in [0.25, 0.3) is 0 Å². The third-order valence-corrected chi connectivity index (χ3v) is 3.83. The second kappa shape index (κ2) is 5.33. The molecule has 0 atom stereocenters. The van der Waals surface area contributed by atoms with Crippen molar-refractivity contribution in [3.05, 3.63) is 18.2 Å². The Morgan fingerprint density at radius 2 is 2.21 bits per heavy atom. The summed E-state index contributed by atoms with van der Waals surface area (Å²) >= 11 is 1.81. The normalized spacial score (nSPS) is 15.0. The fraction of sp³-hybridized carbons (Fsp3) is 0.500. The van der Waals surface area contributed by atoms with E-state index in [0.717, 1.165) is 23.7 Å². The first-order valence-corrected chi connectivity index (χ1v) is 7.42. The van der Waals surface area contributed by atoms with Gasteiger partial charge in [0.2, 0.25) is 5.91 Å². The molecule has 5 heteroatoms. The zero-order valence-electron chi connectivity index (χ0n) is 11.7. The third-order valence-electron chi connectivity index (χ3n) is 2.79. The molecule has 0 unspecified atom stereocenters. The van der Waals surface area contributed by atoms with E-state index in [0.29, 0.717) is 6.54 Å². The highest BCUT2D eigenvalue weighted by molar-refractivity contribution is 7.99. The van der Waals surface area contributed by atoms with Gasteiger partial charge in [0.15, 0.2) is 0 Å². The number of nitrogens with one attached hydrogen (secondary N) is 1. The molecule has 0 aromatic heterocycles. The van der Waals surface area contributed by atoms with Crippen LogP contribution in [0.3, 0.4) is 0 Å². The molecule has 1 heterocycles. The van der Waals surface area contributed by atoms with Crippen LogP contribution in [0.15, 0.2) is 23.1 Å². The van der Waals surface area contributed by atoms with Crippen LogP contribution in [0.25, 0.3) is 0 Å². The molecule has 19 heavy (non-hydrogen) atoms. The summed E-state index contributed by atoms with van der Waals surface area (Å²) in [6.45, 7) is 7.22. The SMILES string of the molecule is CC(C)(C)NC(=O)CN1CCSc2ccc(N)cc21. The van der Waals surface area contributed by atoms with Gasteiger partial charge in [-0.2, -0.15) is 0 Å². The number of hydrogen-bond acceptors (Lipinski definition) is 4. The highest BCUT2D eigenvalue weighted by atomic mass is 32.2. The molecule has 0 aliphatic carbocycles. The van der Waals surface area contributed by atoms with Crippen LogP contribution in [0.5, 0.6) is 0 Å². The zero-order chi connectivity index (χ0) is 14.0. The van der Waals surface area contributed by atoms with Gasteiger partial charge in [0, 0.05) is 28.4 Å².